The van der Waals surface area contributed by atoms with Crippen LogP contribution in [0.1, 0.15) is 158 Å². The molecule has 0 N–H and O–H groups in total. The maximum atomic E-state index is 15.3. The average Bonchev–Trinajstić information content (AvgIpc) is 0.693. The Labute approximate surface area is 800 Å². The van der Waals surface area contributed by atoms with Gasteiger partial charge in [-0.2, -0.15) is 0 Å². The second-order valence-electron chi connectivity index (χ2n) is 36.8. The van der Waals surface area contributed by atoms with Gasteiger partial charge in [-0.1, -0.05) is 99.5 Å². The number of ether oxygens (including phenoxy) is 3. The van der Waals surface area contributed by atoms with E-state index in [1.807, 2.05) is 6.92 Å². The molecule has 6 aliphatic rings. The van der Waals surface area contributed by atoms with Crippen molar-refractivity contribution in [3.05, 3.63) is 321 Å². The molecule has 24 rings (SSSR count). The van der Waals surface area contributed by atoms with Gasteiger partial charge in [-0.05, 0) is 270 Å². The highest BCUT2D eigenvalue weighted by molar-refractivity contribution is 7.94. The Kier molecular flexibility index (Phi) is 19.1. The Balaban J connectivity index is 0.511. The molecule has 3 unspecified atom stereocenters. The highest BCUT2D eigenvalue weighted by atomic mass is 32.2. The van der Waals surface area contributed by atoms with Crippen LogP contribution in [0, 0.1) is 5.41 Å². The standard InChI is InChI=1S/C111H74N6O21S3/c1-8-111(51-136-48-54(5)112-99(118)75-36-24-63-69-30-42-81-96-82(43-31-70(90(69)96)64-25-37-76(100(112)119)93(75)87(63)64)106(125)115(105(81)124)57-12-18-60(19-13-57)139(130,131)9-2,52-137-49-55(6)113-101(120)77-38-26-65-71-32-44-83-97-84(45-33-72(91(71)97)66-27-39-78(102(113)121)94(77)88(65)66)108(127)116(107(83)126)58-14-20-61(21-15-58)140(132,133)10-3)53-138-50-56(7)114-103(122)79-40-28-67-73-34-46-85-98-86(47-35-74(92(73)98)68-29-41-80(104(114)123)95(79)89(67)68)110(129)117(109(85)128)59-16-22-62(23-17-59)141(134,135)11-4/h9-47,54-56H,2-4,8,48-53H2,1,5-7H3. The lowest BCUT2D eigenvalue weighted by molar-refractivity contribution is -0.0841. The molecule has 0 aromatic heterocycles. The Bertz CT molecular complexity index is 8230. The molecule has 0 spiro atoms. The monoisotopic (exact) mass is 1920 g/mol. The summed E-state index contributed by atoms with van der Waals surface area (Å²) in [6, 6.07) is 54.6. The zero-order chi connectivity index (χ0) is 98.0. The zero-order valence-corrected chi connectivity index (χ0v) is 77.8. The van der Waals surface area contributed by atoms with Crippen LogP contribution >= 0.6 is 0 Å². The highest BCUT2D eigenvalue weighted by Crippen LogP contribution is 2.53. The molecule has 0 saturated carbocycles. The van der Waals surface area contributed by atoms with Gasteiger partial charge in [0.15, 0.2) is 29.5 Å². The summed E-state index contributed by atoms with van der Waals surface area (Å²) in [5, 5.41) is 16.5. The molecule has 0 aliphatic carbocycles. The number of hydrogen-bond acceptors (Lipinski definition) is 21. The van der Waals surface area contributed by atoms with Gasteiger partial charge in [0, 0.05) is 121 Å². The summed E-state index contributed by atoms with van der Waals surface area (Å²) >= 11 is 0. The molecular weight excluding hydrogens is 1850 g/mol. The Hall–Kier alpha value is -16.4. The van der Waals surface area contributed by atoms with Crippen molar-refractivity contribution in [1.82, 2.24) is 14.7 Å². The van der Waals surface area contributed by atoms with Crippen LogP contribution in [0.4, 0.5) is 17.1 Å². The summed E-state index contributed by atoms with van der Waals surface area (Å²) in [4.78, 5) is 186. The number of hydrogen-bond donors (Lipinski definition) is 0. The van der Waals surface area contributed by atoms with Crippen molar-refractivity contribution in [2.45, 2.75) is 66.9 Å². The number of nitrogens with zero attached hydrogens (tertiary/aromatic N) is 6. The topological polar surface area (TPSA) is 354 Å². The number of fused-ring (bicyclic) bond motifs is 6. The second-order valence-corrected chi connectivity index (χ2v) is 42.5. The van der Waals surface area contributed by atoms with E-state index >= 15 is 28.8 Å². The predicted octanol–water partition coefficient (Wildman–Crippen LogP) is 18.8. The lowest BCUT2D eigenvalue weighted by Gasteiger charge is -2.37. The van der Waals surface area contributed by atoms with Gasteiger partial charge in [-0.25, -0.2) is 40.0 Å². The minimum absolute atomic E-state index is 0.0661. The summed E-state index contributed by atoms with van der Waals surface area (Å²) < 4.78 is 95.8. The number of carbonyl (C=O) groups is 12. The van der Waals surface area contributed by atoms with Crippen molar-refractivity contribution in [1.29, 1.82) is 0 Å². The first kappa shape index (κ1) is 87.4. The fraction of sp³-hybridized carbons (Fsp3) is 0.135. The highest BCUT2D eigenvalue weighted by Gasteiger charge is 2.46. The Morgan fingerprint density at radius 3 is 0.546 bits per heavy atom. The third-order valence-corrected chi connectivity index (χ3v) is 33.4. The van der Waals surface area contributed by atoms with Gasteiger partial charge in [0.05, 0.1) is 89.5 Å². The molecule has 0 bridgehead atoms. The van der Waals surface area contributed by atoms with Gasteiger partial charge in [0.25, 0.3) is 70.9 Å². The fourth-order valence-corrected chi connectivity index (χ4v) is 24.5. The van der Waals surface area contributed by atoms with Crippen LogP contribution in [-0.4, -0.2) is 169 Å². The number of sulfone groups is 3. The van der Waals surface area contributed by atoms with Crippen LogP contribution in [-0.2, 0) is 43.7 Å². The smallest absolute Gasteiger partial charge is 0.265 e. The SMILES string of the molecule is C=CS(=O)(=O)c1ccc(N2C(=O)c3ccc4c5ccc6c7c(ccc(c8ccc(c3c48)C2=O)c75)C(=O)N(C(C)COCC(CC)(COCC(C)N2C(=O)c3ccc4c5ccc7c8c(ccc(c9ccc(c3c49)C2=O)c85)C(=O)N(c2ccc(S(=O)(=O)C=C)cc2)C7=O)COCC(C)N2C(=O)c3ccc4c5ccc7c8c(ccc(c9ccc(c3c49)C2=O)c85)C(=O)N(c2ccc(S(=O)(=O)C=C)cc2)C7=O)C6=O)cc1. The molecule has 0 fully saturated rings. The van der Waals surface area contributed by atoms with E-state index in [-0.39, 0.29) is 145 Å². The molecule has 6 heterocycles. The van der Waals surface area contributed by atoms with Crippen LogP contribution in [0.5, 0.6) is 0 Å². The first-order valence-electron chi connectivity index (χ1n) is 45.3. The molecule has 30 heteroatoms. The summed E-state index contributed by atoms with van der Waals surface area (Å²) in [7, 11) is -11.5. The van der Waals surface area contributed by atoms with E-state index in [0.29, 0.717) is 129 Å². The van der Waals surface area contributed by atoms with Gasteiger partial charge >= 0.3 is 0 Å². The van der Waals surface area contributed by atoms with Gasteiger partial charge in [0.2, 0.25) is 0 Å². The molecule has 18 aromatic carbocycles. The first-order chi connectivity index (χ1) is 67.8. The van der Waals surface area contributed by atoms with Crippen LogP contribution in [0.2, 0.25) is 0 Å². The van der Waals surface area contributed by atoms with E-state index in [4.69, 9.17) is 14.2 Å². The lowest BCUT2D eigenvalue weighted by Crippen LogP contribution is -2.49. The van der Waals surface area contributed by atoms with E-state index in [9.17, 15) is 54.0 Å². The number of amides is 12. The molecule has 0 radical (unpaired) electrons. The summed E-state index contributed by atoms with van der Waals surface area (Å²) in [5.41, 5.74) is 2.14. The molecular formula is C111H74N6O21S3. The molecule has 3 atom stereocenters. The number of rotatable bonds is 25. The van der Waals surface area contributed by atoms with Crippen molar-refractivity contribution >= 4 is 247 Å². The van der Waals surface area contributed by atoms with E-state index in [2.05, 4.69) is 19.7 Å². The van der Waals surface area contributed by atoms with E-state index in [1.165, 1.54) is 72.8 Å². The van der Waals surface area contributed by atoms with Gasteiger partial charge in [-0.3, -0.25) is 72.2 Å². The summed E-state index contributed by atoms with van der Waals surface area (Å²) in [5.74, 6) is -7.35. The number of imide groups is 6. The molecule has 6 aliphatic heterocycles. The van der Waals surface area contributed by atoms with Crippen molar-refractivity contribution in [3.8, 4) is 0 Å². The third-order valence-electron chi connectivity index (χ3n) is 29.3. The quantitative estimate of drug-likeness (QED) is 0.0291. The number of benzene rings is 18. The van der Waals surface area contributed by atoms with E-state index in [1.54, 1.807) is 166 Å². The molecule has 692 valence electrons. The van der Waals surface area contributed by atoms with Crippen LogP contribution < -0.4 is 14.7 Å². The van der Waals surface area contributed by atoms with Crippen molar-refractivity contribution in [3.63, 3.8) is 0 Å². The maximum absolute atomic E-state index is 15.3. The van der Waals surface area contributed by atoms with Gasteiger partial charge in [0.1, 0.15) is 0 Å². The van der Waals surface area contributed by atoms with Crippen molar-refractivity contribution in [2.75, 3.05) is 54.3 Å². The zero-order valence-electron chi connectivity index (χ0n) is 75.3. The van der Waals surface area contributed by atoms with Gasteiger partial charge < -0.3 is 14.2 Å². The predicted molar refractivity (Wildman–Crippen MR) is 533 cm³/mol. The maximum Gasteiger partial charge on any atom is 0.265 e. The van der Waals surface area contributed by atoms with Crippen LogP contribution in [0.25, 0.3) is 129 Å². The summed E-state index contributed by atoms with van der Waals surface area (Å²) in [6.07, 6.45) is 0.275. The fourth-order valence-electron chi connectivity index (χ4n) is 22.4. The summed E-state index contributed by atoms with van der Waals surface area (Å²) in [6.45, 7) is 16.0. The van der Waals surface area contributed by atoms with Crippen LogP contribution in [0.15, 0.2) is 269 Å². The van der Waals surface area contributed by atoms with Crippen LogP contribution in [0.3, 0.4) is 0 Å². The second kappa shape index (κ2) is 30.8. The minimum Gasteiger partial charge on any atom is -0.379 e. The largest absolute Gasteiger partial charge is 0.379 e. The van der Waals surface area contributed by atoms with E-state index in [0.717, 1.165) is 45.6 Å². The van der Waals surface area contributed by atoms with Crippen molar-refractivity contribution in [2.24, 2.45) is 5.41 Å². The van der Waals surface area contributed by atoms with Crippen molar-refractivity contribution < 1.29 is 97.0 Å². The Morgan fingerprint density at radius 2 is 0.397 bits per heavy atom. The average molecular weight is 1920 g/mol. The number of carbonyl (C=O) groups excluding carboxylic acids is 12. The Morgan fingerprint density at radius 1 is 0.241 bits per heavy atom. The minimum atomic E-state index is -3.82. The molecule has 18 aromatic rings. The van der Waals surface area contributed by atoms with E-state index < -0.39 is 124 Å². The molecule has 141 heavy (non-hydrogen) atoms. The third kappa shape index (κ3) is 12.1. The molecule has 0 saturated heterocycles. The number of anilines is 3. The molecule has 27 nitrogen and oxygen atoms in total. The first-order valence-corrected chi connectivity index (χ1v) is 50.0. The molecule has 12 amide bonds. The van der Waals surface area contributed by atoms with Gasteiger partial charge in [-0.15, -0.1) is 0 Å². The lowest BCUT2D eigenvalue weighted by atomic mass is 9.82. The normalized spacial score (nSPS) is 16.3.